The van der Waals surface area contributed by atoms with E-state index < -0.39 is 0 Å². The van der Waals surface area contributed by atoms with Crippen LogP contribution in [0.4, 0.5) is 0 Å². The molecule has 1 aromatic carbocycles. The van der Waals surface area contributed by atoms with E-state index >= 15 is 0 Å². The van der Waals surface area contributed by atoms with Crippen molar-refractivity contribution in [2.24, 2.45) is 4.99 Å². The topological polar surface area (TPSA) is 41.8 Å². The number of benzene rings is 1. The highest BCUT2D eigenvalue weighted by Crippen LogP contribution is 2.00. The highest BCUT2D eigenvalue weighted by Gasteiger charge is 1.90. The summed E-state index contributed by atoms with van der Waals surface area (Å²) in [6.07, 6.45) is 2.91. The summed E-state index contributed by atoms with van der Waals surface area (Å²) in [6.45, 7) is 2.42. The maximum Gasteiger partial charge on any atom is 0.0661 e. The molecule has 0 aliphatic heterocycles. The van der Waals surface area contributed by atoms with Crippen LogP contribution in [0.2, 0.25) is 0 Å². The van der Waals surface area contributed by atoms with Crippen molar-refractivity contribution in [3.63, 3.8) is 0 Å². The fourth-order valence-electron chi connectivity index (χ4n) is 1.36. The van der Waals surface area contributed by atoms with E-state index in [1.807, 2.05) is 36.5 Å². The average Bonchev–Trinajstić information content (AvgIpc) is 2.42. The van der Waals surface area contributed by atoms with Crippen molar-refractivity contribution in [1.29, 1.82) is 0 Å². The second kappa shape index (κ2) is 11.3. The highest BCUT2D eigenvalue weighted by atomic mass is 32.2. The lowest BCUT2D eigenvalue weighted by atomic mass is 10.2. The molecule has 0 fully saturated rings. The van der Waals surface area contributed by atoms with E-state index in [0.29, 0.717) is 13.2 Å². The second-order valence-electron chi connectivity index (χ2n) is 3.75. The Labute approximate surface area is 113 Å². The van der Waals surface area contributed by atoms with E-state index in [1.165, 1.54) is 0 Å². The molecule has 0 saturated heterocycles. The number of hydrogen-bond donors (Lipinski definition) is 1. The van der Waals surface area contributed by atoms with E-state index in [-0.39, 0.29) is 6.61 Å². The SMILES string of the molecule is OCCSCCCOCCN=Cc1ccccc1. The van der Waals surface area contributed by atoms with Gasteiger partial charge in [0.2, 0.25) is 0 Å². The summed E-state index contributed by atoms with van der Waals surface area (Å²) < 4.78 is 5.46. The third-order valence-corrected chi connectivity index (χ3v) is 3.27. The van der Waals surface area contributed by atoms with Crippen LogP contribution in [-0.2, 0) is 4.74 Å². The van der Waals surface area contributed by atoms with Crippen molar-refractivity contribution < 1.29 is 9.84 Å². The summed E-state index contributed by atoms with van der Waals surface area (Å²) in [4.78, 5) is 4.30. The molecule has 0 bridgehead atoms. The molecule has 0 aliphatic carbocycles. The van der Waals surface area contributed by atoms with Gasteiger partial charge in [0.15, 0.2) is 0 Å². The third-order valence-electron chi connectivity index (χ3n) is 2.22. The Hall–Kier alpha value is -0.840. The number of hydrogen-bond acceptors (Lipinski definition) is 4. The smallest absolute Gasteiger partial charge is 0.0661 e. The molecule has 0 atom stereocenters. The standard InChI is InChI=1S/C14H21NO2S/c16-8-12-18-11-4-9-17-10-7-15-13-14-5-2-1-3-6-14/h1-3,5-6,13,16H,4,7-12H2. The highest BCUT2D eigenvalue weighted by molar-refractivity contribution is 7.99. The van der Waals surface area contributed by atoms with Crippen LogP contribution in [0.15, 0.2) is 35.3 Å². The summed E-state index contributed by atoms with van der Waals surface area (Å²) in [5, 5.41) is 8.59. The third kappa shape index (κ3) is 8.28. The zero-order valence-electron chi connectivity index (χ0n) is 10.6. The number of aliphatic hydroxyl groups excluding tert-OH is 1. The van der Waals surface area contributed by atoms with Crippen LogP contribution in [0.1, 0.15) is 12.0 Å². The first-order valence-electron chi connectivity index (χ1n) is 6.24. The van der Waals surface area contributed by atoms with Crippen molar-refractivity contribution in [1.82, 2.24) is 0 Å². The fraction of sp³-hybridized carbons (Fsp3) is 0.500. The van der Waals surface area contributed by atoms with Crippen molar-refractivity contribution in [3.05, 3.63) is 35.9 Å². The average molecular weight is 267 g/mol. The Kier molecular flexibility index (Phi) is 9.52. The van der Waals surface area contributed by atoms with E-state index in [2.05, 4.69) is 4.99 Å². The molecule has 0 saturated carbocycles. The van der Waals surface area contributed by atoms with Crippen LogP contribution < -0.4 is 0 Å². The largest absolute Gasteiger partial charge is 0.396 e. The number of rotatable bonds is 10. The van der Waals surface area contributed by atoms with E-state index in [9.17, 15) is 0 Å². The minimum absolute atomic E-state index is 0.264. The molecule has 4 heteroatoms. The van der Waals surface area contributed by atoms with Gasteiger partial charge in [-0.05, 0) is 17.7 Å². The molecule has 3 nitrogen and oxygen atoms in total. The van der Waals surface area contributed by atoms with Crippen LogP contribution in [0.5, 0.6) is 0 Å². The first-order chi connectivity index (χ1) is 8.93. The van der Waals surface area contributed by atoms with Crippen molar-refractivity contribution in [2.45, 2.75) is 6.42 Å². The van der Waals surface area contributed by atoms with Crippen molar-refractivity contribution >= 4 is 18.0 Å². The molecule has 0 heterocycles. The van der Waals surface area contributed by atoms with Crippen LogP contribution in [0, 0.1) is 0 Å². The predicted molar refractivity (Wildman–Crippen MR) is 78.7 cm³/mol. The molecule has 0 amide bonds. The molecule has 1 N–H and O–H groups in total. The zero-order chi connectivity index (χ0) is 12.9. The number of ether oxygens (including phenoxy) is 1. The lowest BCUT2D eigenvalue weighted by Gasteiger charge is -2.01. The lowest BCUT2D eigenvalue weighted by Crippen LogP contribution is -2.01. The Morgan fingerprint density at radius 2 is 2.00 bits per heavy atom. The van der Waals surface area contributed by atoms with Crippen LogP contribution in [-0.4, -0.2) is 49.2 Å². The number of thioether (sulfide) groups is 1. The van der Waals surface area contributed by atoms with Gasteiger partial charge in [-0.2, -0.15) is 11.8 Å². The number of nitrogens with zero attached hydrogens (tertiary/aromatic N) is 1. The summed E-state index contributed by atoms with van der Waals surface area (Å²) in [5.41, 5.74) is 1.12. The van der Waals surface area contributed by atoms with Gasteiger partial charge in [0, 0.05) is 18.6 Å². The molecular weight excluding hydrogens is 246 g/mol. The van der Waals surface area contributed by atoms with Gasteiger partial charge >= 0.3 is 0 Å². The minimum atomic E-state index is 0.264. The van der Waals surface area contributed by atoms with Gasteiger partial charge in [0.25, 0.3) is 0 Å². The molecule has 0 aliphatic rings. The van der Waals surface area contributed by atoms with Crippen LogP contribution in [0.3, 0.4) is 0 Å². The summed E-state index contributed by atoms with van der Waals surface area (Å²) in [7, 11) is 0. The Bertz CT molecular complexity index is 317. The zero-order valence-corrected chi connectivity index (χ0v) is 11.4. The molecular formula is C14H21NO2S. The van der Waals surface area contributed by atoms with Gasteiger partial charge in [-0.1, -0.05) is 30.3 Å². The molecule has 18 heavy (non-hydrogen) atoms. The number of aliphatic imine (C=N–C) groups is 1. The van der Waals surface area contributed by atoms with Crippen LogP contribution >= 0.6 is 11.8 Å². The van der Waals surface area contributed by atoms with Gasteiger partial charge < -0.3 is 9.84 Å². The summed E-state index contributed by atoms with van der Waals surface area (Å²) >= 11 is 1.76. The molecule has 0 spiro atoms. The lowest BCUT2D eigenvalue weighted by molar-refractivity contribution is 0.143. The Morgan fingerprint density at radius 1 is 1.17 bits per heavy atom. The molecule has 0 radical (unpaired) electrons. The van der Waals surface area contributed by atoms with E-state index in [4.69, 9.17) is 9.84 Å². The monoisotopic (exact) mass is 267 g/mol. The molecule has 0 unspecified atom stereocenters. The van der Waals surface area contributed by atoms with Crippen molar-refractivity contribution in [3.8, 4) is 0 Å². The Morgan fingerprint density at radius 3 is 2.78 bits per heavy atom. The summed E-state index contributed by atoms with van der Waals surface area (Å²) in [5.74, 6) is 1.87. The molecule has 1 aromatic rings. The minimum Gasteiger partial charge on any atom is -0.396 e. The molecule has 100 valence electrons. The van der Waals surface area contributed by atoms with Gasteiger partial charge in [-0.3, -0.25) is 4.99 Å². The quantitative estimate of drug-likeness (QED) is 0.522. The van der Waals surface area contributed by atoms with Gasteiger partial charge in [0.05, 0.1) is 19.8 Å². The predicted octanol–water partition coefficient (Wildman–Crippen LogP) is 2.24. The first kappa shape index (κ1) is 15.2. The van der Waals surface area contributed by atoms with Gasteiger partial charge in [-0.25, -0.2) is 0 Å². The second-order valence-corrected chi connectivity index (χ2v) is 4.97. The van der Waals surface area contributed by atoms with Crippen LogP contribution in [0.25, 0.3) is 0 Å². The maximum absolute atomic E-state index is 8.59. The number of aliphatic hydroxyl groups is 1. The molecule has 1 rings (SSSR count). The van der Waals surface area contributed by atoms with Gasteiger partial charge in [-0.15, -0.1) is 0 Å². The normalized spacial score (nSPS) is 11.2. The van der Waals surface area contributed by atoms with Crippen molar-refractivity contribution in [2.75, 3.05) is 37.9 Å². The summed E-state index contributed by atoms with van der Waals surface area (Å²) in [6, 6.07) is 10.1. The van der Waals surface area contributed by atoms with E-state index in [0.717, 1.165) is 30.1 Å². The van der Waals surface area contributed by atoms with Gasteiger partial charge in [0.1, 0.15) is 0 Å². The molecule has 0 aromatic heterocycles. The first-order valence-corrected chi connectivity index (χ1v) is 7.40. The Balaban J connectivity index is 1.91. The maximum atomic E-state index is 8.59. The van der Waals surface area contributed by atoms with E-state index in [1.54, 1.807) is 11.8 Å². The fourth-order valence-corrected chi connectivity index (χ4v) is 2.01.